The summed E-state index contributed by atoms with van der Waals surface area (Å²) in [5, 5.41) is 1.02. The quantitative estimate of drug-likeness (QED) is 0.792. The van der Waals surface area contributed by atoms with Crippen molar-refractivity contribution in [1.82, 2.24) is 0 Å². The number of aryl methyl sites for hydroxylation is 2. The van der Waals surface area contributed by atoms with Crippen LogP contribution >= 0.6 is 0 Å². The molecule has 1 aromatic heterocycles. The average Bonchev–Trinajstić information content (AvgIpc) is 2.36. The highest BCUT2D eigenvalue weighted by molar-refractivity contribution is 5.85. The number of hydrogen-bond acceptors (Lipinski definition) is 3. The smallest absolute Gasteiger partial charge is 0.336 e. The van der Waals surface area contributed by atoms with Crippen molar-refractivity contribution in [1.29, 1.82) is 0 Å². The third-order valence-corrected chi connectivity index (χ3v) is 3.58. The number of hydrogen-bond donors (Lipinski definition) is 0. The zero-order valence-electron chi connectivity index (χ0n) is 13.0. The minimum absolute atomic E-state index is 0.281. The van der Waals surface area contributed by atoms with Crippen LogP contribution in [0.5, 0.6) is 0 Å². The molecule has 0 amide bonds. The Hall–Kier alpha value is -1.77. The fourth-order valence-corrected chi connectivity index (χ4v) is 2.64. The van der Waals surface area contributed by atoms with E-state index in [2.05, 4.69) is 38.7 Å². The largest absolute Gasteiger partial charge is 0.423 e. The Kier molecular flexibility index (Phi) is 4.17. The Labute approximate surface area is 120 Å². The van der Waals surface area contributed by atoms with Crippen LogP contribution in [0.3, 0.4) is 0 Å². The van der Waals surface area contributed by atoms with Gasteiger partial charge < -0.3 is 9.32 Å². The summed E-state index contributed by atoms with van der Waals surface area (Å²) in [6.45, 7) is 12.6. The van der Waals surface area contributed by atoms with Gasteiger partial charge in [-0.3, -0.25) is 0 Å². The Morgan fingerprint density at radius 1 is 1.15 bits per heavy atom. The van der Waals surface area contributed by atoms with E-state index in [0.717, 1.165) is 29.7 Å². The van der Waals surface area contributed by atoms with E-state index >= 15 is 0 Å². The lowest BCUT2D eigenvalue weighted by atomic mass is 10.1. The molecule has 0 spiro atoms. The molecule has 1 aromatic carbocycles. The lowest BCUT2D eigenvalue weighted by molar-refractivity contribution is 0.559. The molecule has 0 unspecified atom stereocenters. The number of fused-ring (bicyclic) bond motifs is 1. The molecule has 20 heavy (non-hydrogen) atoms. The van der Waals surface area contributed by atoms with Gasteiger partial charge in [0.25, 0.3) is 0 Å². The maximum atomic E-state index is 11.5. The summed E-state index contributed by atoms with van der Waals surface area (Å²) >= 11 is 0. The first-order valence-corrected chi connectivity index (χ1v) is 7.22. The lowest BCUT2D eigenvalue weighted by Crippen LogP contribution is -2.27. The van der Waals surface area contributed by atoms with Gasteiger partial charge in [-0.1, -0.05) is 13.8 Å². The van der Waals surface area contributed by atoms with Crippen molar-refractivity contribution >= 4 is 16.7 Å². The average molecular weight is 273 g/mol. The highest BCUT2D eigenvalue weighted by Crippen LogP contribution is 2.28. The standard InChI is InChI=1S/C17H23NO2/c1-6-18(10-11(2)3)15-9-16-14(7-13(15)5)12(4)8-17(19)20-16/h7-9,11H,6,10H2,1-5H3. The second-order valence-corrected chi connectivity index (χ2v) is 5.82. The molecular formula is C17H23NO2. The van der Waals surface area contributed by atoms with E-state index in [1.165, 1.54) is 5.56 Å². The van der Waals surface area contributed by atoms with E-state index in [1.54, 1.807) is 6.07 Å². The first-order valence-electron chi connectivity index (χ1n) is 7.22. The van der Waals surface area contributed by atoms with Crippen LogP contribution < -0.4 is 10.5 Å². The molecule has 3 nitrogen and oxygen atoms in total. The molecule has 0 saturated carbocycles. The molecule has 0 N–H and O–H groups in total. The predicted molar refractivity (Wildman–Crippen MR) is 84.7 cm³/mol. The third-order valence-electron chi connectivity index (χ3n) is 3.58. The molecular weight excluding hydrogens is 250 g/mol. The molecule has 2 rings (SSSR count). The van der Waals surface area contributed by atoms with E-state index in [1.807, 2.05) is 13.0 Å². The summed E-state index contributed by atoms with van der Waals surface area (Å²) in [5.74, 6) is 0.592. The Morgan fingerprint density at radius 3 is 2.45 bits per heavy atom. The van der Waals surface area contributed by atoms with Gasteiger partial charge >= 0.3 is 5.63 Å². The normalized spacial score (nSPS) is 11.3. The first kappa shape index (κ1) is 14.6. The number of rotatable bonds is 4. The van der Waals surface area contributed by atoms with E-state index in [9.17, 15) is 4.79 Å². The van der Waals surface area contributed by atoms with Crippen molar-refractivity contribution in [2.45, 2.75) is 34.6 Å². The Morgan fingerprint density at radius 2 is 1.85 bits per heavy atom. The molecule has 0 aliphatic carbocycles. The highest BCUT2D eigenvalue weighted by Gasteiger charge is 2.12. The zero-order valence-corrected chi connectivity index (χ0v) is 13.0. The molecule has 0 aliphatic rings. The maximum absolute atomic E-state index is 11.5. The minimum Gasteiger partial charge on any atom is -0.423 e. The maximum Gasteiger partial charge on any atom is 0.336 e. The molecule has 3 heteroatoms. The van der Waals surface area contributed by atoms with Crippen LogP contribution in [0, 0.1) is 19.8 Å². The van der Waals surface area contributed by atoms with E-state index in [0.29, 0.717) is 11.5 Å². The zero-order chi connectivity index (χ0) is 14.9. The number of benzene rings is 1. The van der Waals surface area contributed by atoms with Crippen molar-refractivity contribution in [3.8, 4) is 0 Å². The molecule has 2 aromatic rings. The van der Waals surface area contributed by atoms with Crippen LogP contribution in [0.1, 0.15) is 31.9 Å². The first-order chi connectivity index (χ1) is 9.42. The third kappa shape index (κ3) is 2.87. The second kappa shape index (κ2) is 5.70. The number of nitrogens with zero attached hydrogens (tertiary/aromatic N) is 1. The van der Waals surface area contributed by atoms with Gasteiger partial charge in [0.2, 0.25) is 0 Å². The summed E-state index contributed by atoms with van der Waals surface area (Å²) in [6.07, 6.45) is 0. The van der Waals surface area contributed by atoms with Crippen molar-refractivity contribution in [3.63, 3.8) is 0 Å². The summed E-state index contributed by atoms with van der Waals surface area (Å²) in [7, 11) is 0. The molecule has 0 fully saturated rings. The van der Waals surface area contributed by atoms with Gasteiger partial charge in [0.1, 0.15) is 5.58 Å². The summed E-state index contributed by atoms with van der Waals surface area (Å²) in [5.41, 5.74) is 3.74. The van der Waals surface area contributed by atoms with Crippen molar-refractivity contribution in [2.75, 3.05) is 18.0 Å². The summed E-state index contributed by atoms with van der Waals surface area (Å²) in [6, 6.07) is 5.67. The van der Waals surface area contributed by atoms with Crippen LogP contribution in [0.4, 0.5) is 5.69 Å². The SMILES string of the molecule is CCN(CC(C)C)c1cc2oc(=O)cc(C)c2cc1C. The minimum atomic E-state index is -0.281. The highest BCUT2D eigenvalue weighted by atomic mass is 16.4. The summed E-state index contributed by atoms with van der Waals surface area (Å²) in [4.78, 5) is 13.9. The second-order valence-electron chi connectivity index (χ2n) is 5.82. The van der Waals surface area contributed by atoms with Gasteiger partial charge in [-0.2, -0.15) is 0 Å². The van der Waals surface area contributed by atoms with Crippen LogP contribution in [-0.4, -0.2) is 13.1 Å². The van der Waals surface area contributed by atoms with E-state index in [4.69, 9.17) is 4.42 Å². The topological polar surface area (TPSA) is 33.5 Å². The van der Waals surface area contributed by atoms with Gasteiger partial charge in [-0.25, -0.2) is 4.79 Å². The molecule has 0 bridgehead atoms. The monoisotopic (exact) mass is 273 g/mol. The molecule has 108 valence electrons. The van der Waals surface area contributed by atoms with Gasteiger partial charge in [0.15, 0.2) is 0 Å². The fourth-order valence-electron chi connectivity index (χ4n) is 2.64. The number of anilines is 1. The fraction of sp³-hybridized carbons (Fsp3) is 0.471. The molecule has 0 saturated heterocycles. The van der Waals surface area contributed by atoms with Crippen molar-refractivity contribution in [3.05, 3.63) is 39.7 Å². The molecule has 0 atom stereocenters. The lowest BCUT2D eigenvalue weighted by Gasteiger charge is -2.27. The van der Waals surface area contributed by atoms with Gasteiger partial charge in [-0.05, 0) is 43.9 Å². The van der Waals surface area contributed by atoms with E-state index in [-0.39, 0.29) is 5.63 Å². The summed E-state index contributed by atoms with van der Waals surface area (Å²) < 4.78 is 5.36. The van der Waals surface area contributed by atoms with Crippen molar-refractivity contribution < 1.29 is 4.42 Å². The van der Waals surface area contributed by atoms with Gasteiger partial charge in [0.05, 0.1) is 0 Å². The predicted octanol–water partition coefficient (Wildman–Crippen LogP) is 3.89. The Balaban J connectivity index is 2.59. The van der Waals surface area contributed by atoms with E-state index < -0.39 is 0 Å². The Bertz CT molecular complexity index is 670. The molecule has 1 heterocycles. The molecule has 0 radical (unpaired) electrons. The van der Waals surface area contributed by atoms with Crippen LogP contribution in [0.25, 0.3) is 11.0 Å². The van der Waals surface area contributed by atoms with Crippen LogP contribution in [0.2, 0.25) is 0 Å². The van der Waals surface area contributed by atoms with Gasteiger partial charge in [-0.15, -0.1) is 0 Å². The van der Waals surface area contributed by atoms with Crippen molar-refractivity contribution in [2.24, 2.45) is 5.92 Å². The van der Waals surface area contributed by atoms with Crippen LogP contribution in [-0.2, 0) is 0 Å². The van der Waals surface area contributed by atoms with Crippen LogP contribution in [0.15, 0.2) is 27.4 Å². The van der Waals surface area contributed by atoms with Gasteiger partial charge in [0, 0.05) is 36.3 Å². The molecule has 0 aliphatic heterocycles.